The van der Waals surface area contributed by atoms with E-state index < -0.39 is 0 Å². The van der Waals surface area contributed by atoms with Crippen LogP contribution in [-0.2, 0) is 17.7 Å². The van der Waals surface area contributed by atoms with Gasteiger partial charge in [0, 0.05) is 48.2 Å². The van der Waals surface area contributed by atoms with E-state index >= 15 is 0 Å². The van der Waals surface area contributed by atoms with Gasteiger partial charge in [0.05, 0.1) is 24.6 Å². The summed E-state index contributed by atoms with van der Waals surface area (Å²) in [6.07, 6.45) is 6.25. The maximum absolute atomic E-state index is 8.90. The second kappa shape index (κ2) is 12.1. The summed E-state index contributed by atoms with van der Waals surface area (Å²) >= 11 is 0. The zero-order valence-electron chi connectivity index (χ0n) is 19.7. The molecule has 0 atom stereocenters. The molecule has 2 aromatic carbocycles. The lowest BCUT2D eigenvalue weighted by molar-refractivity contribution is 0.140. The number of nitrogens with one attached hydrogen (secondary N) is 2. The molecule has 0 saturated heterocycles. The molecule has 34 heavy (non-hydrogen) atoms. The lowest BCUT2D eigenvalue weighted by Gasteiger charge is -2.11. The van der Waals surface area contributed by atoms with Gasteiger partial charge in [0.15, 0.2) is 0 Å². The number of rotatable bonds is 12. The highest BCUT2D eigenvalue weighted by molar-refractivity contribution is 6.09. The van der Waals surface area contributed by atoms with Gasteiger partial charge in [0.1, 0.15) is 5.82 Å². The average Bonchev–Trinajstić information content (AvgIpc) is 2.85. The number of aromatic nitrogens is 2. The van der Waals surface area contributed by atoms with Crippen molar-refractivity contribution in [2.75, 3.05) is 31.6 Å². The van der Waals surface area contributed by atoms with E-state index in [2.05, 4.69) is 52.9 Å². The van der Waals surface area contributed by atoms with Crippen LogP contribution in [0.4, 0.5) is 5.82 Å². The molecule has 0 spiro atoms. The van der Waals surface area contributed by atoms with Gasteiger partial charge in [-0.2, -0.15) is 5.26 Å². The summed E-state index contributed by atoms with van der Waals surface area (Å²) in [5, 5.41) is 19.1. The van der Waals surface area contributed by atoms with Gasteiger partial charge < -0.3 is 15.4 Å². The molecule has 2 aromatic heterocycles. The van der Waals surface area contributed by atoms with Gasteiger partial charge in [-0.3, -0.25) is 4.98 Å². The smallest absolute Gasteiger partial charge is 0.134 e. The SMILES string of the molecule is Cc1cc(CC#N)cc(CNCCCCOCCNc2nc3ccccc3c3cnccc23)c1. The summed E-state index contributed by atoms with van der Waals surface area (Å²) < 4.78 is 5.82. The van der Waals surface area contributed by atoms with E-state index in [4.69, 9.17) is 15.0 Å². The van der Waals surface area contributed by atoms with Crippen molar-refractivity contribution in [2.45, 2.75) is 32.7 Å². The minimum Gasteiger partial charge on any atom is -0.380 e. The van der Waals surface area contributed by atoms with Crippen molar-refractivity contribution in [3.63, 3.8) is 0 Å². The first-order chi connectivity index (χ1) is 16.7. The highest BCUT2D eigenvalue weighted by Crippen LogP contribution is 2.28. The number of pyridine rings is 2. The summed E-state index contributed by atoms with van der Waals surface area (Å²) in [6, 6.07) is 18.7. The summed E-state index contributed by atoms with van der Waals surface area (Å²) in [5.41, 5.74) is 4.49. The van der Waals surface area contributed by atoms with Crippen LogP contribution in [-0.4, -0.2) is 36.3 Å². The van der Waals surface area contributed by atoms with Gasteiger partial charge >= 0.3 is 0 Å². The van der Waals surface area contributed by atoms with Crippen LogP contribution in [0.15, 0.2) is 60.9 Å². The Morgan fingerprint density at radius 2 is 1.82 bits per heavy atom. The summed E-state index contributed by atoms with van der Waals surface area (Å²) in [5.74, 6) is 0.873. The van der Waals surface area contributed by atoms with Gasteiger partial charge in [-0.1, -0.05) is 42.0 Å². The van der Waals surface area contributed by atoms with Gasteiger partial charge in [-0.25, -0.2) is 4.98 Å². The predicted octanol–water partition coefficient (Wildman–Crippen LogP) is 5.16. The van der Waals surface area contributed by atoms with Crippen molar-refractivity contribution in [3.8, 4) is 6.07 Å². The Kier molecular flexibility index (Phi) is 8.39. The van der Waals surface area contributed by atoms with Crippen molar-refractivity contribution in [3.05, 3.63) is 77.6 Å². The first-order valence-corrected chi connectivity index (χ1v) is 11.9. The van der Waals surface area contributed by atoms with Crippen molar-refractivity contribution in [1.29, 1.82) is 5.26 Å². The Morgan fingerprint density at radius 3 is 2.74 bits per heavy atom. The number of anilines is 1. The van der Waals surface area contributed by atoms with Crippen LogP contribution in [0.25, 0.3) is 21.7 Å². The zero-order chi connectivity index (χ0) is 23.6. The Labute approximate surface area is 201 Å². The third kappa shape index (κ3) is 6.28. The molecule has 0 aliphatic carbocycles. The molecule has 0 aliphatic heterocycles. The molecule has 4 rings (SSSR count). The number of benzene rings is 2. The lowest BCUT2D eigenvalue weighted by Crippen LogP contribution is -2.16. The molecule has 0 aliphatic rings. The number of para-hydroxylation sites is 1. The summed E-state index contributed by atoms with van der Waals surface area (Å²) in [4.78, 5) is 9.09. The first-order valence-electron chi connectivity index (χ1n) is 11.9. The fraction of sp³-hybridized carbons (Fsp3) is 0.321. The molecular weight excluding hydrogens is 422 g/mol. The number of aryl methyl sites for hydroxylation is 1. The number of nitriles is 1. The van der Waals surface area contributed by atoms with E-state index in [9.17, 15) is 0 Å². The third-order valence-electron chi connectivity index (χ3n) is 5.74. The molecule has 6 nitrogen and oxygen atoms in total. The molecule has 6 heteroatoms. The van der Waals surface area contributed by atoms with E-state index in [1.165, 1.54) is 11.1 Å². The average molecular weight is 454 g/mol. The van der Waals surface area contributed by atoms with E-state index in [1.807, 2.05) is 30.5 Å². The van der Waals surface area contributed by atoms with E-state index in [0.29, 0.717) is 19.6 Å². The molecule has 0 amide bonds. The van der Waals surface area contributed by atoms with Crippen LogP contribution in [0.2, 0.25) is 0 Å². The Balaban J connectivity index is 1.14. The second-order valence-corrected chi connectivity index (χ2v) is 8.48. The molecule has 0 unspecified atom stereocenters. The van der Waals surface area contributed by atoms with Gasteiger partial charge in [0.25, 0.3) is 0 Å². The standard InChI is InChI=1S/C28H31N5O/c1-21-16-22(8-10-29)18-23(17-21)19-30-11-4-5-14-34-15-13-32-28-25-9-12-31-20-26(25)24-6-2-3-7-27(24)33-28/h2-3,6-7,9,12,16-18,20,30H,4-5,8,11,13-15,19H2,1H3,(H,32,33). The number of unbranched alkanes of at least 4 members (excludes halogenated alkanes) is 1. The maximum atomic E-state index is 8.90. The summed E-state index contributed by atoms with van der Waals surface area (Å²) in [6.45, 7) is 5.94. The fourth-order valence-electron chi connectivity index (χ4n) is 4.20. The molecule has 0 fully saturated rings. The number of ether oxygens (including phenoxy) is 1. The van der Waals surface area contributed by atoms with Crippen LogP contribution >= 0.6 is 0 Å². The third-order valence-corrected chi connectivity index (χ3v) is 5.74. The predicted molar refractivity (Wildman–Crippen MR) is 138 cm³/mol. The molecule has 0 bridgehead atoms. The topological polar surface area (TPSA) is 82.9 Å². The number of hydrogen-bond acceptors (Lipinski definition) is 6. The van der Waals surface area contributed by atoms with Crippen LogP contribution in [0.5, 0.6) is 0 Å². The lowest BCUT2D eigenvalue weighted by atomic mass is 10.0. The zero-order valence-corrected chi connectivity index (χ0v) is 19.7. The van der Waals surface area contributed by atoms with E-state index in [1.54, 1.807) is 6.20 Å². The van der Waals surface area contributed by atoms with Gasteiger partial charge in [0.2, 0.25) is 0 Å². The molecule has 174 valence electrons. The highest BCUT2D eigenvalue weighted by atomic mass is 16.5. The van der Waals surface area contributed by atoms with Crippen molar-refractivity contribution < 1.29 is 4.74 Å². The number of fused-ring (bicyclic) bond motifs is 3. The minimum atomic E-state index is 0.464. The van der Waals surface area contributed by atoms with Crippen molar-refractivity contribution >= 4 is 27.5 Å². The maximum Gasteiger partial charge on any atom is 0.134 e. The van der Waals surface area contributed by atoms with Gasteiger partial charge in [-0.15, -0.1) is 0 Å². The monoisotopic (exact) mass is 453 g/mol. The minimum absolute atomic E-state index is 0.464. The number of nitrogens with zero attached hydrogens (tertiary/aromatic N) is 3. The summed E-state index contributed by atoms with van der Waals surface area (Å²) in [7, 11) is 0. The first kappa shape index (κ1) is 23.6. The normalized spacial score (nSPS) is 11.1. The highest BCUT2D eigenvalue weighted by Gasteiger charge is 2.07. The molecule has 4 aromatic rings. The van der Waals surface area contributed by atoms with Crippen molar-refractivity contribution in [2.24, 2.45) is 0 Å². The van der Waals surface area contributed by atoms with Crippen molar-refractivity contribution in [1.82, 2.24) is 15.3 Å². The van der Waals surface area contributed by atoms with Crippen LogP contribution in [0.3, 0.4) is 0 Å². The van der Waals surface area contributed by atoms with Crippen LogP contribution in [0.1, 0.15) is 29.5 Å². The quantitative estimate of drug-likeness (QED) is 0.228. The molecule has 0 saturated carbocycles. The molecule has 0 radical (unpaired) electrons. The largest absolute Gasteiger partial charge is 0.380 e. The molecule has 2 N–H and O–H groups in total. The van der Waals surface area contributed by atoms with Crippen LogP contribution < -0.4 is 10.6 Å². The number of hydrogen-bond donors (Lipinski definition) is 2. The molecule has 2 heterocycles. The fourth-order valence-corrected chi connectivity index (χ4v) is 4.20. The Hall–Kier alpha value is -3.53. The second-order valence-electron chi connectivity index (χ2n) is 8.48. The van der Waals surface area contributed by atoms with E-state index in [0.717, 1.165) is 65.6 Å². The molecular formula is C28H31N5O. The Morgan fingerprint density at radius 1 is 0.941 bits per heavy atom. The van der Waals surface area contributed by atoms with Crippen LogP contribution in [0, 0.1) is 18.3 Å². The van der Waals surface area contributed by atoms with Gasteiger partial charge in [-0.05, 0) is 49.6 Å². The van der Waals surface area contributed by atoms with E-state index in [-0.39, 0.29) is 0 Å². The Bertz CT molecular complexity index is 1280.